The molecule has 1 aliphatic rings. The second-order valence-electron chi connectivity index (χ2n) is 5.06. The van der Waals surface area contributed by atoms with Crippen molar-refractivity contribution < 1.29 is 9.32 Å². The highest BCUT2D eigenvalue weighted by Gasteiger charge is 2.25. The molecule has 114 valence electrons. The maximum Gasteiger partial charge on any atom is 0.227 e. The van der Waals surface area contributed by atoms with Gasteiger partial charge >= 0.3 is 0 Å². The molecular formula is C14H24ClN3O2. The molecule has 0 radical (unpaired) electrons. The first-order valence-corrected chi connectivity index (χ1v) is 7.13. The van der Waals surface area contributed by atoms with Crippen molar-refractivity contribution in [2.45, 2.75) is 46.1 Å². The quantitative estimate of drug-likeness (QED) is 0.917. The molecule has 1 aliphatic heterocycles. The summed E-state index contributed by atoms with van der Waals surface area (Å²) in [6, 6.07) is 0.260. The number of amides is 1. The Bertz CT molecular complexity index is 426. The lowest BCUT2D eigenvalue weighted by molar-refractivity contribution is -0.133. The second-order valence-corrected chi connectivity index (χ2v) is 5.06. The van der Waals surface area contributed by atoms with Gasteiger partial charge in [0.25, 0.3) is 0 Å². The number of hydrogen-bond acceptors (Lipinski definition) is 4. The van der Waals surface area contributed by atoms with Crippen LogP contribution in [0.5, 0.6) is 0 Å². The molecule has 1 amide bonds. The second kappa shape index (κ2) is 7.64. The summed E-state index contributed by atoms with van der Waals surface area (Å²) in [5.74, 6) is 1.04. The van der Waals surface area contributed by atoms with Gasteiger partial charge in [-0.25, -0.2) is 0 Å². The van der Waals surface area contributed by atoms with Crippen LogP contribution in [0.25, 0.3) is 0 Å². The molecule has 1 fully saturated rings. The van der Waals surface area contributed by atoms with Crippen LogP contribution >= 0.6 is 12.4 Å². The molecule has 1 N–H and O–H groups in total. The molecule has 5 nitrogen and oxygen atoms in total. The van der Waals surface area contributed by atoms with Crippen LogP contribution in [-0.4, -0.2) is 41.6 Å². The van der Waals surface area contributed by atoms with Crippen LogP contribution in [0.15, 0.2) is 4.52 Å². The summed E-state index contributed by atoms with van der Waals surface area (Å²) in [5, 5.41) is 7.36. The number of carbonyl (C=O) groups is 1. The normalized spacial score (nSPS) is 18.8. The number of aromatic nitrogens is 1. The Morgan fingerprint density at radius 2 is 2.20 bits per heavy atom. The topological polar surface area (TPSA) is 58.4 Å². The van der Waals surface area contributed by atoms with Gasteiger partial charge in [-0.05, 0) is 13.3 Å². The van der Waals surface area contributed by atoms with Crippen LogP contribution in [0.3, 0.4) is 0 Å². The van der Waals surface area contributed by atoms with Crippen LogP contribution < -0.4 is 5.32 Å². The van der Waals surface area contributed by atoms with E-state index in [1.54, 1.807) is 0 Å². The lowest BCUT2D eigenvalue weighted by Crippen LogP contribution is -2.52. The first-order valence-electron chi connectivity index (χ1n) is 7.13. The fourth-order valence-corrected chi connectivity index (χ4v) is 2.60. The Hall–Kier alpha value is -1.07. The minimum atomic E-state index is 0. The number of halogens is 1. The van der Waals surface area contributed by atoms with Crippen molar-refractivity contribution in [1.82, 2.24) is 15.4 Å². The Kier molecular flexibility index (Phi) is 6.49. The van der Waals surface area contributed by atoms with Crippen molar-refractivity contribution >= 4 is 18.3 Å². The predicted octanol–water partition coefficient (Wildman–Crippen LogP) is 1.58. The molecule has 0 spiro atoms. The van der Waals surface area contributed by atoms with E-state index >= 15 is 0 Å². The van der Waals surface area contributed by atoms with E-state index in [1.165, 1.54) is 0 Å². The van der Waals surface area contributed by atoms with Gasteiger partial charge in [-0.3, -0.25) is 4.79 Å². The van der Waals surface area contributed by atoms with E-state index in [9.17, 15) is 4.79 Å². The van der Waals surface area contributed by atoms with Crippen molar-refractivity contribution in [2.24, 2.45) is 0 Å². The number of rotatable bonds is 4. The van der Waals surface area contributed by atoms with Crippen LogP contribution in [0.4, 0.5) is 0 Å². The van der Waals surface area contributed by atoms with E-state index in [4.69, 9.17) is 4.52 Å². The molecule has 0 aliphatic carbocycles. The molecular weight excluding hydrogens is 278 g/mol. The van der Waals surface area contributed by atoms with E-state index in [-0.39, 0.29) is 24.4 Å². The largest absolute Gasteiger partial charge is 0.361 e. The minimum absolute atomic E-state index is 0. The molecule has 1 aromatic heterocycles. The number of piperazine rings is 1. The summed E-state index contributed by atoms with van der Waals surface area (Å²) in [6.07, 6.45) is 2.01. The van der Waals surface area contributed by atoms with Crippen molar-refractivity contribution in [3.05, 3.63) is 17.0 Å². The summed E-state index contributed by atoms with van der Waals surface area (Å²) in [7, 11) is 0. The summed E-state index contributed by atoms with van der Waals surface area (Å²) in [6.45, 7) is 8.69. The molecule has 0 saturated carbocycles. The van der Waals surface area contributed by atoms with E-state index in [0.717, 1.165) is 49.5 Å². The first-order chi connectivity index (χ1) is 9.17. The third-order valence-corrected chi connectivity index (χ3v) is 3.76. The summed E-state index contributed by atoms with van der Waals surface area (Å²) < 4.78 is 5.32. The minimum Gasteiger partial charge on any atom is -0.361 e. The first kappa shape index (κ1) is 17.0. The van der Waals surface area contributed by atoms with Crippen molar-refractivity contribution in [2.75, 3.05) is 19.6 Å². The number of nitrogens with one attached hydrogen (secondary N) is 1. The maximum atomic E-state index is 12.4. The average molecular weight is 302 g/mol. The highest BCUT2D eigenvalue weighted by Crippen LogP contribution is 2.18. The standard InChI is InChI=1S/C14H23N3O2.ClH/c1-4-12-11(13(5-2)19-16-12)8-14(18)17-7-6-15-9-10(17)3;/h10,15H,4-9H2,1-3H3;1H/t10-;/m0./s1. The highest BCUT2D eigenvalue weighted by molar-refractivity contribution is 5.85. The smallest absolute Gasteiger partial charge is 0.227 e. The molecule has 20 heavy (non-hydrogen) atoms. The lowest BCUT2D eigenvalue weighted by atomic mass is 10.0. The van der Waals surface area contributed by atoms with Gasteiger partial charge in [-0.2, -0.15) is 0 Å². The predicted molar refractivity (Wildman–Crippen MR) is 80.3 cm³/mol. The SMILES string of the molecule is CCc1noc(CC)c1CC(=O)N1CCNC[C@@H]1C.Cl. The average Bonchev–Trinajstić information content (AvgIpc) is 2.81. The lowest BCUT2D eigenvalue weighted by Gasteiger charge is -2.34. The fraction of sp³-hybridized carbons (Fsp3) is 0.714. The molecule has 0 unspecified atom stereocenters. The Balaban J connectivity index is 0.00000200. The number of hydrogen-bond donors (Lipinski definition) is 1. The molecule has 2 rings (SSSR count). The zero-order valence-electron chi connectivity index (χ0n) is 12.4. The number of carbonyl (C=O) groups excluding carboxylic acids is 1. The van der Waals surface area contributed by atoms with Crippen LogP contribution in [0.2, 0.25) is 0 Å². The van der Waals surface area contributed by atoms with Gasteiger partial charge in [0.1, 0.15) is 5.76 Å². The highest BCUT2D eigenvalue weighted by atomic mass is 35.5. The molecule has 1 aromatic rings. The molecule has 1 atom stereocenters. The van der Waals surface area contributed by atoms with Gasteiger partial charge < -0.3 is 14.7 Å². The van der Waals surface area contributed by atoms with E-state index in [0.29, 0.717) is 6.42 Å². The molecule has 0 bridgehead atoms. The fourth-order valence-electron chi connectivity index (χ4n) is 2.60. The van der Waals surface area contributed by atoms with Crippen molar-refractivity contribution in [3.63, 3.8) is 0 Å². The van der Waals surface area contributed by atoms with Crippen LogP contribution in [0, 0.1) is 0 Å². The number of aryl methyl sites for hydroxylation is 2. The Labute approximate surface area is 126 Å². The van der Waals surface area contributed by atoms with E-state index < -0.39 is 0 Å². The molecule has 2 heterocycles. The van der Waals surface area contributed by atoms with Crippen LogP contribution in [0.1, 0.15) is 37.8 Å². The van der Waals surface area contributed by atoms with Gasteiger partial charge in [0.05, 0.1) is 12.1 Å². The molecule has 0 aromatic carbocycles. The van der Waals surface area contributed by atoms with Crippen molar-refractivity contribution in [1.29, 1.82) is 0 Å². The monoisotopic (exact) mass is 301 g/mol. The van der Waals surface area contributed by atoms with E-state index in [2.05, 4.69) is 17.4 Å². The third kappa shape index (κ3) is 3.52. The summed E-state index contributed by atoms with van der Waals surface area (Å²) in [5.41, 5.74) is 1.92. The van der Waals surface area contributed by atoms with Gasteiger partial charge in [0.15, 0.2) is 0 Å². The van der Waals surface area contributed by atoms with Crippen molar-refractivity contribution in [3.8, 4) is 0 Å². The van der Waals surface area contributed by atoms with Gasteiger partial charge in [0.2, 0.25) is 5.91 Å². The van der Waals surface area contributed by atoms with Gasteiger partial charge in [-0.15, -0.1) is 12.4 Å². The number of nitrogens with zero attached hydrogens (tertiary/aromatic N) is 2. The summed E-state index contributed by atoms with van der Waals surface area (Å²) >= 11 is 0. The van der Waals surface area contributed by atoms with Crippen LogP contribution in [-0.2, 0) is 24.1 Å². The van der Waals surface area contributed by atoms with Gasteiger partial charge in [-0.1, -0.05) is 19.0 Å². The summed E-state index contributed by atoms with van der Waals surface area (Å²) in [4.78, 5) is 14.4. The zero-order valence-corrected chi connectivity index (χ0v) is 13.3. The van der Waals surface area contributed by atoms with Gasteiger partial charge in [0, 0.05) is 37.7 Å². The third-order valence-electron chi connectivity index (χ3n) is 3.76. The maximum absolute atomic E-state index is 12.4. The molecule has 1 saturated heterocycles. The van der Waals surface area contributed by atoms with E-state index in [1.807, 2.05) is 18.7 Å². The zero-order chi connectivity index (χ0) is 13.8. The molecule has 6 heteroatoms. The Morgan fingerprint density at radius 1 is 1.45 bits per heavy atom. The Morgan fingerprint density at radius 3 is 2.80 bits per heavy atom.